The first kappa shape index (κ1) is 25.8. The fourth-order valence-corrected chi connectivity index (χ4v) is 5.81. The third-order valence-electron chi connectivity index (χ3n) is 8.09. The Kier molecular flexibility index (Phi) is 6.86. The Morgan fingerprint density at radius 1 is 1.11 bits per heavy atom. The van der Waals surface area contributed by atoms with E-state index >= 15 is 0 Å². The highest BCUT2D eigenvalue weighted by atomic mass is 16.2. The molecule has 198 valence electrons. The lowest BCUT2D eigenvalue weighted by Gasteiger charge is -2.46. The smallest absolute Gasteiger partial charge is 0.275 e. The van der Waals surface area contributed by atoms with Crippen molar-refractivity contribution in [1.82, 2.24) is 30.8 Å². The van der Waals surface area contributed by atoms with Crippen molar-refractivity contribution in [3.63, 3.8) is 0 Å². The molecule has 0 radical (unpaired) electrons. The van der Waals surface area contributed by atoms with Gasteiger partial charge in [0, 0.05) is 11.1 Å². The molecule has 2 aromatic carbocycles. The zero-order chi connectivity index (χ0) is 26.9. The lowest BCUT2D eigenvalue weighted by atomic mass is 9.69. The summed E-state index contributed by atoms with van der Waals surface area (Å²) in [5, 5.41) is 16.4. The number of tetrazole rings is 1. The van der Waals surface area contributed by atoms with Crippen molar-refractivity contribution in [3.8, 4) is 0 Å². The summed E-state index contributed by atoms with van der Waals surface area (Å²) in [5.74, 6) is 0.760. The van der Waals surface area contributed by atoms with Gasteiger partial charge in [0.25, 0.3) is 11.8 Å². The maximum absolute atomic E-state index is 14.0. The summed E-state index contributed by atoms with van der Waals surface area (Å²) in [5.41, 5.74) is 2.58. The molecular formula is C29H35N7O2. The van der Waals surface area contributed by atoms with Gasteiger partial charge in [0.15, 0.2) is 5.82 Å². The first-order chi connectivity index (χ1) is 18.2. The number of benzene rings is 2. The second-order valence-electron chi connectivity index (χ2n) is 11.4. The summed E-state index contributed by atoms with van der Waals surface area (Å²) in [7, 11) is 0. The van der Waals surface area contributed by atoms with E-state index in [1.807, 2.05) is 47.4 Å². The van der Waals surface area contributed by atoms with Crippen LogP contribution in [0.25, 0.3) is 0 Å². The van der Waals surface area contributed by atoms with Crippen molar-refractivity contribution >= 4 is 17.5 Å². The number of nitrogens with one attached hydrogen (secondary N) is 2. The molecule has 0 saturated heterocycles. The Morgan fingerprint density at radius 3 is 2.39 bits per heavy atom. The Balaban J connectivity index is 1.38. The zero-order valence-electron chi connectivity index (χ0n) is 22.4. The van der Waals surface area contributed by atoms with E-state index in [2.05, 4.69) is 53.6 Å². The van der Waals surface area contributed by atoms with Gasteiger partial charge in [0.2, 0.25) is 0 Å². The van der Waals surface area contributed by atoms with Crippen LogP contribution in [0.4, 0.5) is 0 Å². The van der Waals surface area contributed by atoms with Crippen LogP contribution in [0.5, 0.6) is 0 Å². The van der Waals surface area contributed by atoms with Crippen LogP contribution in [-0.4, -0.2) is 48.7 Å². The molecule has 1 spiro atoms. The molecule has 38 heavy (non-hydrogen) atoms. The number of carbonyl (C=O) groups excluding carboxylic acids is 2. The summed E-state index contributed by atoms with van der Waals surface area (Å²) in [6, 6.07) is 17.0. The minimum atomic E-state index is -0.552. The standard InChI is InChI=1S/C29H35N7O2/c1-19(20-10-12-22(13-11-20)26(37)30-18-24-32-34-35-33-24)36-27(38)25(21-8-6-5-7-9-21)31-29(36)16-14-23(15-17-29)28(2,3)4/h5-13,19,23H,14-18H2,1-4H3,(H,30,37)(H,32,33,34,35)/t19-,23?,29?/m1/s1. The topological polar surface area (TPSA) is 116 Å². The van der Waals surface area contributed by atoms with E-state index in [1.165, 1.54) is 0 Å². The van der Waals surface area contributed by atoms with Crippen molar-refractivity contribution in [2.45, 2.75) is 71.6 Å². The number of hydrogen-bond acceptors (Lipinski definition) is 6. The lowest BCUT2D eigenvalue weighted by molar-refractivity contribution is -0.132. The SMILES string of the molecule is C[C@H](c1ccc(C(=O)NCc2nn[nH]n2)cc1)N1C(=O)C(c2ccccc2)=NC12CCC(C(C)(C)C)CC2. The molecule has 0 bridgehead atoms. The third kappa shape index (κ3) is 4.97. The monoisotopic (exact) mass is 513 g/mol. The number of amides is 2. The molecule has 2 aliphatic rings. The van der Waals surface area contributed by atoms with E-state index in [9.17, 15) is 9.59 Å². The van der Waals surface area contributed by atoms with E-state index in [0.717, 1.165) is 36.8 Å². The predicted octanol–water partition coefficient (Wildman–Crippen LogP) is 4.45. The number of hydrogen-bond donors (Lipinski definition) is 2. The van der Waals surface area contributed by atoms with Crippen LogP contribution in [0.15, 0.2) is 59.6 Å². The maximum atomic E-state index is 14.0. The number of H-pyrrole nitrogens is 1. The van der Waals surface area contributed by atoms with Gasteiger partial charge in [-0.2, -0.15) is 5.21 Å². The minimum absolute atomic E-state index is 0.0279. The highest BCUT2D eigenvalue weighted by molar-refractivity contribution is 6.46. The van der Waals surface area contributed by atoms with Gasteiger partial charge in [0.1, 0.15) is 11.4 Å². The lowest BCUT2D eigenvalue weighted by Crippen LogP contribution is -2.50. The van der Waals surface area contributed by atoms with E-state index in [0.29, 0.717) is 23.0 Å². The molecule has 5 rings (SSSR count). The van der Waals surface area contributed by atoms with Gasteiger partial charge in [-0.3, -0.25) is 14.6 Å². The quantitative estimate of drug-likeness (QED) is 0.505. The molecule has 1 aliphatic carbocycles. The average Bonchev–Trinajstić information content (AvgIpc) is 3.53. The Morgan fingerprint density at radius 2 is 1.79 bits per heavy atom. The maximum Gasteiger partial charge on any atom is 0.275 e. The van der Waals surface area contributed by atoms with Gasteiger partial charge >= 0.3 is 0 Å². The molecule has 1 fully saturated rings. The van der Waals surface area contributed by atoms with Crippen LogP contribution < -0.4 is 5.32 Å². The van der Waals surface area contributed by atoms with E-state index in [-0.39, 0.29) is 29.8 Å². The fourth-order valence-electron chi connectivity index (χ4n) is 5.81. The van der Waals surface area contributed by atoms with Gasteiger partial charge in [-0.25, -0.2) is 0 Å². The van der Waals surface area contributed by atoms with Gasteiger partial charge in [0.05, 0.1) is 12.6 Å². The van der Waals surface area contributed by atoms with Crippen LogP contribution in [0.3, 0.4) is 0 Å². The van der Waals surface area contributed by atoms with Crippen LogP contribution in [0.1, 0.15) is 86.7 Å². The molecule has 2 heterocycles. The Hall–Kier alpha value is -3.88. The van der Waals surface area contributed by atoms with Crippen LogP contribution in [0, 0.1) is 11.3 Å². The van der Waals surface area contributed by atoms with E-state index < -0.39 is 5.66 Å². The van der Waals surface area contributed by atoms with Crippen molar-refractivity contribution in [2.24, 2.45) is 16.3 Å². The molecule has 2 N–H and O–H groups in total. The molecule has 3 aromatic rings. The molecule has 9 heteroatoms. The highest BCUT2D eigenvalue weighted by Crippen LogP contribution is 2.49. The molecule has 0 unspecified atom stereocenters. The minimum Gasteiger partial charge on any atom is -0.345 e. The first-order valence-electron chi connectivity index (χ1n) is 13.3. The fraction of sp³-hybridized carbons (Fsp3) is 0.448. The van der Waals surface area contributed by atoms with Crippen molar-refractivity contribution < 1.29 is 9.59 Å². The first-order valence-corrected chi connectivity index (χ1v) is 13.3. The average molecular weight is 514 g/mol. The van der Waals surface area contributed by atoms with Crippen molar-refractivity contribution in [2.75, 3.05) is 0 Å². The van der Waals surface area contributed by atoms with E-state index in [4.69, 9.17) is 4.99 Å². The molecule has 1 saturated carbocycles. The Bertz CT molecular complexity index is 1300. The molecule has 9 nitrogen and oxygen atoms in total. The van der Waals surface area contributed by atoms with Crippen LogP contribution >= 0.6 is 0 Å². The highest BCUT2D eigenvalue weighted by Gasteiger charge is 2.51. The number of carbonyl (C=O) groups is 2. The number of aromatic amines is 1. The molecule has 1 aromatic heterocycles. The summed E-state index contributed by atoms with van der Waals surface area (Å²) in [6.45, 7) is 9.15. The zero-order valence-corrected chi connectivity index (χ0v) is 22.4. The van der Waals surface area contributed by atoms with Gasteiger partial charge in [-0.05, 0) is 61.6 Å². The molecular weight excluding hydrogens is 478 g/mol. The molecule has 1 atom stereocenters. The van der Waals surface area contributed by atoms with Gasteiger partial charge in [-0.1, -0.05) is 68.4 Å². The number of nitrogens with zero attached hydrogens (tertiary/aromatic N) is 5. The van der Waals surface area contributed by atoms with E-state index in [1.54, 1.807) is 12.1 Å². The predicted molar refractivity (Wildman–Crippen MR) is 144 cm³/mol. The number of rotatable bonds is 6. The van der Waals surface area contributed by atoms with Crippen molar-refractivity contribution in [3.05, 3.63) is 77.1 Å². The van der Waals surface area contributed by atoms with Gasteiger partial charge < -0.3 is 10.2 Å². The second-order valence-corrected chi connectivity index (χ2v) is 11.4. The summed E-state index contributed by atoms with van der Waals surface area (Å²) in [6.07, 6.45) is 3.76. The summed E-state index contributed by atoms with van der Waals surface area (Å²) < 4.78 is 0. The van der Waals surface area contributed by atoms with Gasteiger partial charge in [-0.15, -0.1) is 10.2 Å². The largest absolute Gasteiger partial charge is 0.345 e. The molecule has 2 amide bonds. The second kappa shape index (κ2) is 10.1. The summed E-state index contributed by atoms with van der Waals surface area (Å²) in [4.78, 5) is 33.7. The number of aromatic nitrogens is 4. The molecule has 1 aliphatic heterocycles. The third-order valence-corrected chi connectivity index (χ3v) is 8.09. The number of aliphatic imine (C=N–C) groups is 1. The normalized spacial score (nSPS) is 22.4. The Labute approximate surface area is 223 Å². The van der Waals surface area contributed by atoms with Crippen LogP contribution in [-0.2, 0) is 11.3 Å². The van der Waals surface area contributed by atoms with Crippen molar-refractivity contribution in [1.29, 1.82) is 0 Å². The van der Waals surface area contributed by atoms with Crippen LogP contribution in [0.2, 0.25) is 0 Å². The summed E-state index contributed by atoms with van der Waals surface area (Å²) >= 11 is 0.